The van der Waals surface area contributed by atoms with E-state index in [1.165, 1.54) is 31.4 Å². The fraction of sp³-hybridized carbons (Fsp3) is 0.476. The van der Waals surface area contributed by atoms with E-state index in [2.05, 4.69) is 44.6 Å². The summed E-state index contributed by atoms with van der Waals surface area (Å²) in [6, 6.07) is 9.73. The van der Waals surface area contributed by atoms with E-state index in [1.54, 1.807) is 6.07 Å². The Hall–Kier alpha value is -2.63. The first kappa shape index (κ1) is 19.1. The summed E-state index contributed by atoms with van der Waals surface area (Å²) in [6.07, 6.45) is 5.90. The number of amides is 1. The fourth-order valence-electron chi connectivity index (χ4n) is 3.27. The average Bonchev–Trinajstić information content (AvgIpc) is 3.20. The molecule has 0 unspecified atom stereocenters. The van der Waals surface area contributed by atoms with Crippen LogP contribution in [0.15, 0.2) is 30.3 Å². The molecular formula is C21H29N5O. The normalized spacial score (nSPS) is 13.6. The molecule has 0 bridgehead atoms. The van der Waals surface area contributed by atoms with Crippen molar-refractivity contribution in [3.05, 3.63) is 41.7 Å². The van der Waals surface area contributed by atoms with Crippen LogP contribution in [0.1, 0.15) is 55.2 Å². The van der Waals surface area contributed by atoms with Gasteiger partial charge in [-0.3, -0.25) is 4.79 Å². The van der Waals surface area contributed by atoms with Gasteiger partial charge in [-0.1, -0.05) is 19.8 Å². The quantitative estimate of drug-likeness (QED) is 0.683. The molecule has 0 radical (unpaired) electrons. The highest BCUT2D eigenvalue weighted by Gasteiger charge is 2.13. The molecule has 1 aliphatic rings. The summed E-state index contributed by atoms with van der Waals surface area (Å²) in [6.45, 7) is 7.08. The number of aryl methyl sites for hydroxylation is 1. The first-order valence-electron chi connectivity index (χ1n) is 9.91. The number of anilines is 3. The third kappa shape index (κ3) is 5.42. The SMILES string of the molecule is CCCCCNc1nc(C)cc(C(=O)Nc2ccc(N3CCCC3)cc2)n1. The lowest BCUT2D eigenvalue weighted by Gasteiger charge is -2.17. The van der Waals surface area contributed by atoms with Gasteiger partial charge in [-0.15, -0.1) is 0 Å². The van der Waals surface area contributed by atoms with E-state index in [9.17, 15) is 4.79 Å². The van der Waals surface area contributed by atoms with Gasteiger partial charge in [0.1, 0.15) is 5.69 Å². The number of carbonyl (C=O) groups excluding carboxylic acids is 1. The van der Waals surface area contributed by atoms with E-state index >= 15 is 0 Å². The third-order valence-corrected chi connectivity index (χ3v) is 4.75. The first-order chi connectivity index (χ1) is 13.2. The maximum Gasteiger partial charge on any atom is 0.274 e. The molecule has 1 aromatic heterocycles. The molecule has 1 aromatic carbocycles. The molecule has 1 amide bonds. The minimum Gasteiger partial charge on any atom is -0.372 e. The van der Waals surface area contributed by atoms with Crippen molar-refractivity contribution in [2.75, 3.05) is 35.2 Å². The molecule has 144 valence electrons. The fourth-order valence-corrected chi connectivity index (χ4v) is 3.27. The summed E-state index contributed by atoms with van der Waals surface area (Å²) in [4.78, 5) is 23.7. The summed E-state index contributed by atoms with van der Waals surface area (Å²) < 4.78 is 0. The van der Waals surface area contributed by atoms with E-state index in [-0.39, 0.29) is 5.91 Å². The number of hydrogen-bond acceptors (Lipinski definition) is 5. The van der Waals surface area contributed by atoms with Crippen LogP contribution in [0.3, 0.4) is 0 Å². The highest BCUT2D eigenvalue weighted by molar-refractivity contribution is 6.03. The second kappa shape index (κ2) is 9.35. The van der Waals surface area contributed by atoms with E-state index < -0.39 is 0 Å². The molecule has 2 N–H and O–H groups in total. The minimum atomic E-state index is -0.217. The summed E-state index contributed by atoms with van der Waals surface area (Å²) in [5.74, 6) is 0.298. The Morgan fingerprint density at radius 1 is 1.11 bits per heavy atom. The van der Waals surface area contributed by atoms with Crippen molar-refractivity contribution in [1.82, 2.24) is 9.97 Å². The van der Waals surface area contributed by atoms with Gasteiger partial charge in [0.25, 0.3) is 5.91 Å². The summed E-state index contributed by atoms with van der Waals surface area (Å²) in [5, 5.41) is 6.14. The molecule has 27 heavy (non-hydrogen) atoms. The molecule has 6 nitrogen and oxygen atoms in total. The van der Waals surface area contributed by atoms with Gasteiger partial charge in [-0.2, -0.15) is 0 Å². The summed E-state index contributed by atoms with van der Waals surface area (Å²) >= 11 is 0. The van der Waals surface area contributed by atoms with Crippen molar-refractivity contribution in [2.24, 2.45) is 0 Å². The lowest BCUT2D eigenvalue weighted by molar-refractivity contribution is 0.102. The Morgan fingerprint density at radius 2 is 1.85 bits per heavy atom. The predicted molar refractivity (Wildman–Crippen MR) is 111 cm³/mol. The predicted octanol–water partition coefficient (Wildman–Crippen LogP) is 4.24. The van der Waals surface area contributed by atoms with Crippen LogP contribution >= 0.6 is 0 Å². The van der Waals surface area contributed by atoms with Gasteiger partial charge < -0.3 is 15.5 Å². The third-order valence-electron chi connectivity index (χ3n) is 4.75. The van der Waals surface area contributed by atoms with Crippen LogP contribution < -0.4 is 15.5 Å². The first-order valence-corrected chi connectivity index (χ1v) is 9.91. The second-order valence-electron chi connectivity index (χ2n) is 7.05. The van der Waals surface area contributed by atoms with Crippen LogP contribution in [-0.4, -0.2) is 35.5 Å². The Labute approximate surface area is 161 Å². The Morgan fingerprint density at radius 3 is 2.56 bits per heavy atom. The van der Waals surface area contributed by atoms with Crippen LogP contribution in [0.5, 0.6) is 0 Å². The van der Waals surface area contributed by atoms with Crippen LogP contribution in [0.2, 0.25) is 0 Å². The molecule has 0 saturated carbocycles. The molecule has 0 atom stereocenters. The molecule has 2 aromatic rings. The van der Waals surface area contributed by atoms with Crippen molar-refractivity contribution in [1.29, 1.82) is 0 Å². The Balaban J connectivity index is 1.62. The zero-order chi connectivity index (χ0) is 19.1. The number of unbranched alkanes of at least 4 members (excludes halogenated alkanes) is 2. The van der Waals surface area contributed by atoms with E-state index in [4.69, 9.17) is 0 Å². The van der Waals surface area contributed by atoms with E-state index in [1.807, 2.05) is 19.1 Å². The number of carbonyl (C=O) groups is 1. The smallest absolute Gasteiger partial charge is 0.274 e. The number of hydrogen-bond donors (Lipinski definition) is 2. The molecule has 0 aliphatic carbocycles. The lowest BCUT2D eigenvalue weighted by atomic mass is 10.2. The molecule has 1 fully saturated rings. The van der Waals surface area contributed by atoms with Gasteiger partial charge in [0, 0.05) is 36.7 Å². The maximum atomic E-state index is 12.6. The topological polar surface area (TPSA) is 70.2 Å². The minimum absolute atomic E-state index is 0.217. The number of aromatic nitrogens is 2. The van der Waals surface area contributed by atoms with Crippen LogP contribution in [0.4, 0.5) is 17.3 Å². The molecule has 1 aliphatic heterocycles. The molecule has 2 heterocycles. The summed E-state index contributed by atoms with van der Waals surface area (Å²) in [7, 11) is 0. The Bertz CT molecular complexity index is 754. The van der Waals surface area contributed by atoms with Crippen molar-refractivity contribution < 1.29 is 4.79 Å². The van der Waals surface area contributed by atoms with E-state index in [0.717, 1.165) is 37.4 Å². The van der Waals surface area contributed by atoms with Gasteiger partial charge in [0.2, 0.25) is 5.95 Å². The average molecular weight is 367 g/mol. The largest absolute Gasteiger partial charge is 0.372 e. The van der Waals surface area contributed by atoms with Crippen molar-refractivity contribution in [2.45, 2.75) is 46.0 Å². The zero-order valence-electron chi connectivity index (χ0n) is 16.3. The summed E-state index contributed by atoms with van der Waals surface area (Å²) in [5.41, 5.74) is 3.14. The standard InChI is InChI=1S/C21H29N5O/c1-3-4-5-12-22-21-23-16(2)15-19(25-21)20(27)24-17-8-10-18(11-9-17)26-13-6-7-14-26/h8-11,15H,3-7,12-14H2,1-2H3,(H,24,27)(H,22,23,25). The molecular weight excluding hydrogens is 338 g/mol. The number of benzene rings is 1. The second-order valence-corrected chi connectivity index (χ2v) is 7.05. The molecule has 6 heteroatoms. The number of nitrogens with one attached hydrogen (secondary N) is 2. The van der Waals surface area contributed by atoms with Gasteiger partial charge in [0.15, 0.2) is 0 Å². The zero-order valence-corrected chi connectivity index (χ0v) is 16.3. The van der Waals surface area contributed by atoms with Crippen molar-refractivity contribution in [3.63, 3.8) is 0 Å². The number of nitrogens with zero attached hydrogens (tertiary/aromatic N) is 3. The van der Waals surface area contributed by atoms with Gasteiger partial charge >= 0.3 is 0 Å². The van der Waals surface area contributed by atoms with Crippen molar-refractivity contribution in [3.8, 4) is 0 Å². The lowest BCUT2D eigenvalue weighted by Crippen LogP contribution is -2.18. The van der Waals surface area contributed by atoms with E-state index in [0.29, 0.717) is 11.6 Å². The van der Waals surface area contributed by atoms with Gasteiger partial charge in [-0.25, -0.2) is 9.97 Å². The highest BCUT2D eigenvalue weighted by Crippen LogP contribution is 2.22. The highest BCUT2D eigenvalue weighted by atomic mass is 16.1. The molecule has 0 spiro atoms. The van der Waals surface area contributed by atoms with Crippen molar-refractivity contribution >= 4 is 23.2 Å². The van der Waals surface area contributed by atoms with Crippen LogP contribution in [0.25, 0.3) is 0 Å². The van der Waals surface area contributed by atoms with Crippen LogP contribution in [-0.2, 0) is 0 Å². The van der Waals surface area contributed by atoms with Gasteiger partial charge in [0.05, 0.1) is 0 Å². The Kier molecular flexibility index (Phi) is 6.63. The number of rotatable bonds is 8. The molecule has 3 rings (SSSR count). The molecule has 1 saturated heterocycles. The van der Waals surface area contributed by atoms with Crippen LogP contribution in [0, 0.1) is 6.92 Å². The monoisotopic (exact) mass is 367 g/mol. The maximum absolute atomic E-state index is 12.6. The van der Waals surface area contributed by atoms with Gasteiger partial charge in [-0.05, 0) is 56.5 Å².